The third-order valence-electron chi connectivity index (χ3n) is 5.00. The number of hydrogen-bond acceptors (Lipinski definition) is 0. The predicted octanol–water partition coefficient (Wildman–Crippen LogP) is 4.48. The van der Waals surface area contributed by atoms with E-state index in [9.17, 15) is 13.2 Å². The van der Waals surface area contributed by atoms with Crippen LogP contribution >= 0.6 is 0 Å². The van der Waals surface area contributed by atoms with Crippen LogP contribution in [-0.2, 0) is 0 Å². The van der Waals surface area contributed by atoms with Crippen molar-refractivity contribution in [3.05, 3.63) is 0 Å². The van der Waals surface area contributed by atoms with E-state index in [1.807, 2.05) is 6.92 Å². The molecule has 2 rings (SSSR count). The summed E-state index contributed by atoms with van der Waals surface area (Å²) >= 11 is 0. The van der Waals surface area contributed by atoms with E-state index in [2.05, 4.69) is 0 Å². The second kappa shape index (κ2) is 5.19. The first-order chi connectivity index (χ1) is 7.99. The van der Waals surface area contributed by atoms with Crippen LogP contribution in [0.15, 0.2) is 0 Å². The molecule has 2 aliphatic carbocycles. The molecule has 3 heteroatoms. The van der Waals surface area contributed by atoms with Crippen LogP contribution in [-0.4, -0.2) is 18.5 Å². The van der Waals surface area contributed by atoms with E-state index in [1.165, 1.54) is 0 Å². The third-order valence-corrected chi connectivity index (χ3v) is 5.00. The Morgan fingerprint density at radius 1 is 0.706 bits per heavy atom. The van der Waals surface area contributed by atoms with Gasteiger partial charge in [-0.25, -0.2) is 13.2 Å². The van der Waals surface area contributed by atoms with Crippen molar-refractivity contribution in [1.82, 2.24) is 0 Å². The van der Waals surface area contributed by atoms with Gasteiger partial charge >= 0.3 is 0 Å². The van der Waals surface area contributed by atoms with Crippen LogP contribution in [0.25, 0.3) is 0 Å². The molecule has 0 heterocycles. The van der Waals surface area contributed by atoms with Crippen LogP contribution in [0.1, 0.15) is 46.0 Å². The maximum atomic E-state index is 13.7. The number of alkyl halides is 3. The number of rotatable bonds is 1. The van der Waals surface area contributed by atoms with Crippen LogP contribution in [0.4, 0.5) is 13.2 Å². The largest absolute Gasteiger partial charge is 0.247 e. The summed E-state index contributed by atoms with van der Waals surface area (Å²) in [7, 11) is 0. The van der Waals surface area contributed by atoms with E-state index >= 15 is 0 Å². The summed E-state index contributed by atoms with van der Waals surface area (Å²) in [6.07, 6.45) is 0.346. The van der Waals surface area contributed by atoms with Crippen LogP contribution in [0.5, 0.6) is 0 Å². The lowest BCUT2D eigenvalue weighted by atomic mass is 9.68. The molecule has 0 N–H and O–H groups in total. The predicted molar refractivity (Wildman–Crippen MR) is 63.1 cm³/mol. The van der Waals surface area contributed by atoms with Gasteiger partial charge in [0.05, 0.1) is 0 Å². The molecular weight excluding hydrogens is 225 g/mol. The van der Waals surface area contributed by atoms with Gasteiger partial charge in [0.25, 0.3) is 0 Å². The van der Waals surface area contributed by atoms with Crippen molar-refractivity contribution in [2.75, 3.05) is 0 Å². The maximum Gasteiger partial charge on any atom is 0.106 e. The Bertz CT molecular complexity index is 244. The number of halogens is 3. The molecule has 100 valence electrons. The Morgan fingerprint density at radius 2 is 1.24 bits per heavy atom. The van der Waals surface area contributed by atoms with E-state index in [-0.39, 0.29) is 17.8 Å². The molecule has 0 aromatic rings. The first-order valence-electron chi connectivity index (χ1n) is 6.91. The first-order valence-corrected chi connectivity index (χ1v) is 6.91. The van der Waals surface area contributed by atoms with Gasteiger partial charge in [0.2, 0.25) is 0 Å². The fourth-order valence-corrected chi connectivity index (χ4v) is 3.44. The molecule has 17 heavy (non-hydrogen) atoms. The van der Waals surface area contributed by atoms with E-state index in [4.69, 9.17) is 0 Å². The topological polar surface area (TPSA) is 0 Å². The van der Waals surface area contributed by atoms with Crippen LogP contribution in [0.2, 0.25) is 0 Å². The maximum absolute atomic E-state index is 13.7. The van der Waals surface area contributed by atoms with Gasteiger partial charge < -0.3 is 0 Å². The third kappa shape index (κ3) is 2.79. The SMILES string of the molecule is CC1CCC(C2CC(F)C(C)C(F)C2)CC1F. The summed E-state index contributed by atoms with van der Waals surface area (Å²) in [5.74, 6) is -0.0989. The highest BCUT2D eigenvalue weighted by Gasteiger charge is 2.41. The molecule has 0 aromatic heterocycles. The Morgan fingerprint density at radius 3 is 1.76 bits per heavy atom. The van der Waals surface area contributed by atoms with Gasteiger partial charge in [0.15, 0.2) is 0 Å². The molecule has 5 atom stereocenters. The summed E-state index contributed by atoms with van der Waals surface area (Å²) in [6, 6.07) is 0. The van der Waals surface area contributed by atoms with E-state index in [0.29, 0.717) is 19.3 Å². The van der Waals surface area contributed by atoms with Crippen molar-refractivity contribution in [3.63, 3.8) is 0 Å². The molecule has 0 spiro atoms. The molecular formula is C14H23F3. The molecule has 0 saturated heterocycles. The van der Waals surface area contributed by atoms with E-state index in [0.717, 1.165) is 12.8 Å². The molecule has 0 radical (unpaired) electrons. The minimum atomic E-state index is -1.04. The van der Waals surface area contributed by atoms with Gasteiger partial charge in [-0.1, -0.05) is 13.8 Å². The van der Waals surface area contributed by atoms with Crippen molar-refractivity contribution in [2.24, 2.45) is 23.7 Å². The lowest BCUT2D eigenvalue weighted by Crippen LogP contribution is -2.39. The molecule has 0 nitrogen and oxygen atoms in total. The van der Waals surface area contributed by atoms with Crippen molar-refractivity contribution in [2.45, 2.75) is 64.5 Å². The summed E-state index contributed by atoms with van der Waals surface area (Å²) in [5, 5.41) is 0. The van der Waals surface area contributed by atoms with Crippen molar-refractivity contribution < 1.29 is 13.2 Å². The van der Waals surface area contributed by atoms with Gasteiger partial charge in [-0.3, -0.25) is 0 Å². The Hall–Kier alpha value is -0.210. The van der Waals surface area contributed by atoms with Crippen LogP contribution in [0, 0.1) is 23.7 Å². The molecule has 2 aliphatic rings. The van der Waals surface area contributed by atoms with Crippen molar-refractivity contribution in [3.8, 4) is 0 Å². The molecule has 0 aliphatic heterocycles. The fourth-order valence-electron chi connectivity index (χ4n) is 3.44. The normalized spacial score (nSPS) is 52.4. The van der Waals surface area contributed by atoms with Gasteiger partial charge in [-0.15, -0.1) is 0 Å². The standard InChI is InChI=1S/C14H23F3/c1-8-3-4-10(5-12(8)15)11-6-13(16)9(2)14(17)7-11/h8-14H,3-7H2,1-2H3. The molecule has 2 saturated carbocycles. The average molecular weight is 248 g/mol. The highest BCUT2D eigenvalue weighted by Crippen LogP contribution is 2.43. The smallest absolute Gasteiger partial charge is 0.106 e. The Balaban J connectivity index is 1.94. The quantitative estimate of drug-likeness (QED) is 0.641. The molecule has 0 amide bonds. The van der Waals surface area contributed by atoms with E-state index in [1.54, 1.807) is 6.92 Å². The van der Waals surface area contributed by atoms with Gasteiger partial charge in [-0.05, 0) is 49.9 Å². The second-order valence-electron chi connectivity index (χ2n) is 6.19. The van der Waals surface area contributed by atoms with Crippen molar-refractivity contribution in [1.29, 1.82) is 0 Å². The van der Waals surface area contributed by atoms with Crippen LogP contribution < -0.4 is 0 Å². The molecule has 2 fully saturated rings. The summed E-state index contributed by atoms with van der Waals surface area (Å²) < 4.78 is 41.0. The Labute approximate surface area is 102 Å². The minimum Gasteiger partial charge on any atom is -0.247 e. The fraction of sp³-hybridized carbons (Fsp3) is 1.00. The first kappa shape index (κ1) is 13.2. The molecule has 0 bridgehead atoms. The van der Waals surface area contributed by atoms with Gasteiger partial charge in [0.1, 0.15) is 18.5 Å². The summed E-state index contributed by atoms with van der Waals surface area (Å²) in [4.78, 5) is 0. The second-order valence-corrected chi connectivity index (χ2v) is 6.19. The number of hydrogen-bond donors (Lipinski definition) is 0. The summed E-state index contributed by atoms with van der Waals surface area (Å²) in [5.41, 5.74) is 0. The lowest BCUT2D eigenvalue weighted by Gasteiger charge is -2.40. The Kier molecular flexibility index (Phi) is 4.04. The van der Waals surface area contributed by atoms with Gasteiger partial charge in [-0.2, -0.15) is 0 Å². The average Bonchev–Trinajstić information content (AvgIpc) is 2.29. The van der Waals surface area contributed by atoms with Crippen molar-refractivity contribution >= 4 is 0 Å². The van der Waals surface area contributed by atoms with Crippen LogP contribution in [0.3, 0.4) is 0 Å². The minimum absolute atomic E-state index is 0.0574. The van der Waals surface area contributed by atoms with Gasteiger partial charge in [0, 0.05) is 5.92 Å². The highest BCUT2D eigenvalue weighted by molar-refractivity contribution is 4.90. The summed E-state index contributed by atoms with van der Waals surface area (Å²) in [6.45, 7) is 3.58. The zero-order chi connectivity index (χ0) is 12.6. The molecule has 5 unspecified atom stereocenters. The zero-order valence-electron chi connectivity index (χ0n) is 10.7. The highest BCUT2D eigenvalue weighted by atomic mass is 19.1. The van der Waals surface area contributed by atoms with E-state index < -0.39 is 24.4 Å². The lowest BCUT2D eigenvalue weighted by molar-refractivity contribution is 0.0103. The zero-order valence-corrected chi connectivity index (χ0v) is 10.7. The molecule has 0 aromatic carbocycles. The monoisotopic (exact) mass is 248 g/mol.